The van der Waals surface area contributed by atoms with Gasteiger partial charge < -0.3 is 0 Å². The second kappa shape index (κ2) is 10.2. The highest BCUT2D eigenvalue weighted by molar-refractivity contribution is 7.86. The molecule has 9 heteroatoms. The molecule has 1 saturated carbocycles. The van der Waals surface area contributed by atoms with Crippen LogP contribution in [-0.2, 0) is 14.3 Å². The maximum atomic E-state index is 12.7. The van der Waals surface area contributed by atoms with E-state index in [1.807, 2.05) is 43.5 Å². The van der Waals surface area contributed by atoms with Gasteiger partial charge in [0.1, 0.15) is 11.9 Å². The molecule has 2 aliphatic heterocycles. The fraction of sp³-hybridized carbons (Fsp3) is 0.182. The molecule has 7 rings (SSSR count). The van der Waals surface area contributed by atoms with Crippen molar-refractivity contribution in [3.63, 3.8) is 0 Å². The number of benzene rings is 3. The standard InChI is InChI=1S/C33H30N5O3S/c1-22-7-12-28(13-8-22)42(39,40)41-21-23-17-27(18-23)33-37-32(31-20-35-15-16-38(31,33)34)26-10-9-25-11-14-29(36-30(25)19-26)24-5-3-2-4-6-24/h2-16,19-20,23,27H,17-18,21,34H2,1H3/q+1/t23-,27-,38?. The number of aliphatic imine (C=N–C) groups is 2. The number of amidine groups is 1. The summed E-state index contributed by atoms with van der Waals surface area (Å²) in [6.07, 6.45) is 6.80. The number of nitrogens with zero attached hydrogens (tertiary/aromatic N) is 4. The molecule has 1 unspecified atom stereocenters. The Morgan fingerprint density at radius 3 is 2.50 bits per heavy atom. The largest absolute Gasteiger partial charge is 0.296 e. The number of fused-ring (bicyclic) bond motifs is 2. The van der Waals surface area contributed by atoms with E-state index in [0.29, 0.717) is 0 Å². The molecule has 0 radical (unpaired) electrons. The van der Waals surface area contributed by atoms with Crippen molar-refractivity contribution in [2.24, 2.45) is 27.7 Å². The van der Waals surface area contributed by atoms with Crippen LogP contribution in [0.5, 0.6) is 0 Å². The van der Waals surface area contributed by atoms with Crippen molar-refractivity contribution in [2.45, 2.75) is 24.7 Å². The first-order chi connectivity index (χ1) is 20.3. The Hall–Kier alpha value is -4.28. The first kappa shape index (κ1) is 26.6. The van der Waals surface area contributed by atoms with Crippen LogP contribution in [0.4, 0.5) is 0 Å². The summed E-state index contributed by atoms with van der Waals surface area (Å²) in [6.45, 7) is 2.05. The molecule has 3 aromatic carbocycles. The third kappa shape index (κ3) is 4.70. The Kier molecular flexibility index (Phi) is 6.47. The summed E-state index contributed by atoms with van der Waals surface area (Å²) in [5.41, 5.74) is 6.33. The summed E-state index contributed by atoms with van der Waals surface area (Å²) >= 11 is 0. The van der Waals surface area contributed by atoms with Gasteiger partial charge in [0.15, 0.2) is 0 Å². The van der Waals surface area contributed by atoms with Gasteiger partial charge in [-0.3, -0.25) is 9.18 Å². The number of rotatable bonds is 7. The summed E-state index contributed by atoms with van der Waals surface area (Å²) in [4.78, 5) is 14.6. The van der Waals surface area contributed by atoms with Crippen molar-refractivity contribution in [3.8, 4) is 11.3 Å². The highest BCUT2D eigenvalue weighted by Crippen LogP contribution is 2.44. The summed E-state index contributed by atoms with van der Waals surface area (Å²) < 4.78 is 30.7. The molecule has 1 fully saturated rings. The fourth-order valence-corrected chi connectivity index (χ4v) is 6.78. The van der Waals surface area contributed by atoms with Crippen molar-refractivity contribution in [2.75, 3.05) is 6.61 Å². The summed E-state index contributed by atoms with van der Waals surface area (Å²) in [5.74, 6) is 7.98. The van der Waals surface area contributed by atoms with Crippen molar-refractivity contribution >= 4 is 38.8 Å². The predicted octanol–water partition coefficient (Wildman–Crippen LogP) is 5.97. The van der Waals surface area contributed by atoms with Crippen LogP contribution >= 0.6 is 0 Å². The molecule has 0 spiro atoms. The molecule has 8 nitrogen and oxygen atoms in total. The Bertz CT molecular complexity index is 1930. The molecular formula is C33H30N5O3S+. The highest BCUT2D eigenvalue weighted by atomic mass is 32.2. The Morgan fingerprint density at radius 1 is 0.952 bits per heavy atom. The van der Waals surface area contributed by atoms with Crippen LogP contribution in [0.25, 0.3) is 27.9 Å². The number of aryl methyl sites for hydroxylation is 1. The maximum Gasteiger partial charge on any atom is 0.296 e. The van der Waals surface area contributed by atoms with E-state index in [9.17, 15) is 8.42 Å². The minimum atomic E-state index is -3.80. The zero-order chi connectivity index (χ0) is 28.9. The van der Waals surface area contributed by atoms with Gasteiger partial charge in [-0.15, -0.1) is 4.59 Å². The smallest absolute Gasteiger partial charge is 0.266 e. The van der Waals surface area contributed by atoms with Crippen LogP contribution in [-0.4, -0.2) is 36.7 Å². The highest BCUT2D eigenvalue weighted by Gasteiger charge is 2.50. The maximum absolute atomic E-state index is 12.7. The second-order valence-electron chi connectivity index (χ2n) is 11.1. The van der Waals surface area contributed by atoms with Gasteiger partial charge in [-0.25, -0.2) is 4.98 Å². The van der Waals surface area contributed by atoms with Crippen LogP contribution < -0.4 is 5.84 Å². The van der Waals surface area contributed by atoms with Gasteiger partial charge in [0.05, 0.1) is 41.0 Å². The lowest BCUT2D eigenvalue weighted by Gasteiger charge is -2.38. The predicted molar refractivity (Wildman–Crippen MR) is 164 cm³/mol. The molecule has 0 amide bonds. The van der Waals surface area contributed by atoms with Crippen LogP contribution in [0.2, 0.25) is 0 Å². The van der Waals surface area contributed by atoms with Crippen LogP contribution in [0.15, 0.2) is 118 Å². The minimum Gasteiger partial charge on any atom is -0.266 e. The lowest BCUT2D eigenvalue weighted by atomic mass is 9.74. The summed E-state index contributed by atoms with van der Waals surface area (Å²) in [7, 11) is -3.80. The first-order valence-electron chi connectivity index (χ1n) is 13.9. The van der Waals surface area contributed by atoms with Gasteiger partial charge >= 0.3 is 0 Å². The number of hydrogen-bond acceptors (Lipinski definition) is 7. The number of pyridine rings is 1. The Morgan fingerprint density at radius 2 is 1.71 bits per heavy atom. The van der Waals surface area contributed by atoms with E-state index in [-0.39, 0.29) is 27.9 Å². The fourth-order valence-electron chi connectivity index (χ4n) is 5.81. The van der Waals surface area contributed by atoms with Gasteiger partial charge in [-0.05, 0) is 49.9 Å². The zero-order valence-electron chi connectivity index (χ0n) is 23.1. The number of hydrogen-bond donors (Lipinski definition) is 1. The number of aromatic nitrogens is 1. The molecule has 0 saturated heterocycles. The lowest BCUT2D eigenvalue weighted by Crippen LogP contribution is -2.57. The third-order valence-electron chi connectivity index (χ3n) is 8.24. The number of nitrogens with two attached hydrogens (primary N) is 1. The van der Waals surface area contributed by atoms with Crippen molar-refractivity contribution in [3.05, 3.63) is 114 Å². The van der Waals surface area contributed by atoms with E-state index in [1.54, 1.807) is 36.7 Å². The number of allylic oxidation sites excluding steroid dienone is 1. The molecule has 42 heavy (non-hydrogen) atoms. The van der Waals surface area contributed by atoms with Gasteiger partial charge in [0.2, 0.25) is 11.5 Å². The quantitative estimate of drug-likeness (QED) is 0.166. The van der Waals surface area contributed by atoms with Crippen LogP contribution in [0.3, 0.4) is 0 Å². The van der Waals surface area contributed by atoms with Gasteiger partial charge in [-0.1, -0.05) is 66.2 Å². The van der Waals surface area contributed by atoms with Gasteiger partial charge in [0.25, 0.3) is 10.1 Å². The summed E-state index contributed by atoms with van der Waals surface area (Å²) in [5, 5.41) is 1.04. The minimum absolute atomic E-state index is 0.0335. The lowest BCUT2D eigenvalue weighted by molar-refractivity contribution is -0.754. The summed E-state index contributed by atoms with van der Waals surface area (Å²) in [6, 6.07) is 27.1. The molecule has 1 aromatic heterocycles. The van der Waals surface area contributed by atoms with Crippen LogP contribution in [0, 0.1) is 18.8 Å². The molecule has 3 heterocycles. The topological polar surface area (TPSA) is 107 Å². The molecule has 1 aliphatic carbocycles. The SMILES string of the molecule is Cc1ccc(S(=O)(=O)OC[C@H]2C[C@H](C3=NC(c4ccc5ccc(-c6ccccc6)nc5c4)=C4C=NC=C[N+]43N)C2)cc1. The van der Waals surface area contributed by atoms with Crippen molar-refractivity contribution in [1.82, 2.24) is 4.98 Å². The van der Waals surface area contributed by atoms with E-state index in [1.165, 1.54) is 0 Å². The second-order valence-corrected chi connectivity index (χ2v) is 12.7. The van der Waals surface area contributed by atoms with E-state index >= 15 is 0 Å². The Balaban J connectivity index is 1.12. The molecule has 210 valence electrons. The molecule has 4 aromatic rings. The molecule has 2 N–H and O–H groups in total. The van der Waals surface area contributed by atoms with E-state index in [0.717, 1.165) is 63.4 Å². The molecule has 0 bridgehead atoms. The van der Waals surface area contributed by atoms with E-state index in [4.69, 9.17) is 20.0 Å². The third-order valence-corrected chi connectivity index (χ3v) is 9.53. The average Bonchev–Trinajstić information content (AvgIpc) is 3.29. The monoisotopic (exact) mass is 576 g/mol. The van der Waals surface area contributed by atoms with E-state index < -0.39 is 10.1 Å². The number of quaternary nitrogens is 1. The first-order valence-corrected chi connectivity index (χ1v) is 15.4. The normalized spacial score (nSPS) is 23.1. The van der Waals surface area contributed by atoms with Crippen LogP contribution in [0.1, 0.15) is 24.0 Å². The van der Waals surface area contributed by atoms with Crippen molar-refractivity contribution in [1.29, 1.82) is 0 Å². The zero-order valence-corrected chi connectivity index (χ0v) is 23.9. The van der Waals surface area contributed by atoms with Gasteiger partial charge in [0, 0.05) is 16.5 Å². The van der Waals surface area contributed by atoms with E-state index in [2.05, 4.69) is 35.3 Å². The van der Waals surface area contributed by atoms with Crippen molar-refractivity contribution < 1.29 is 17.2 Å². The van der Waals surface area contributed by atoms with Gasteiger partial charge in [-0.2, -0.15) is 19.3 Å². The Labute approximate surface area is 244 Å². The molecule has 1 atom stereocenters. The molecular weight excluding hydrogens is 546 g/mol. The molecule has 3 aliphatic rings. The average molecular weight is 577 g/mol.